The Balaban J connectivity index is 1.58. The van der Waals surface area contributed by atoms with Crippen molar-refractivity contribution < 1.29 is 24.1 Å². The summed E-state index contributed by atoms with van der Waals surface area (Å²) in [4.78, 5) is 12.5. The van der Waals surface area contributed by atoms with Crippen LogP contribution in [0.3, 0.4) is 0 Å². The van der Waals surface area contributed by atoms with Crippen molar-refractivity contribution in [2.24, 2.45) is 5.92 Å². The molecule has 26 heavy (non-hydrogen) atoms. The highest BCUT2D eigenvalue weighted by atomic mass is 16.6. The number of hydrogen-bond donors (Lipinski definition) is 1. The Hall–Kier alpha value is -2.81. The Morgan fingerprint density at radius 3 is 2.12 bits per heavy atom. The molecule has 2 atom stereocenters. The smallest absolute Gasteiger partial charge is 0.193 e. The first-order valence-electron chi connectivity index (χ1n) is 8.37. The van der Waals surface area contributed by atoms with Crippen molar-refractivity contribution in [3.63, 3.8) is 0 Å². The number of carbonyl (C=O) groups excluding carboxylic acids is 1. The quantitative estimate of drug-likeness (QED) is 0.426. The summed E-state index contributed by atoms with van der Waals surface area (Å²) in [6, 6.07) is 13.8. The molecule has 1 N–H and O–H groups in total. The van der Waals surface area contributed by atoms with Crippen molar-refractivity contribution in [1.82, 2.24) is 0 Å². The monoisotopic (exact) mass is 352 g/mol. The highest BCUT2D eigenvalue weighted by Crippen LogP contribution is 2.22. The molecule has 5 heteroatoms. The highest BCUT2D eigenvalue weighted by Gasteiger charge is 2.32. The molecule has 0 bridgehead atoms. The van der Waals surface area contributed by atoms with Crippen LogP contribution in [0.25, 0.3) is 0 Å². The van der Waals surface area contributed by atoms with Crippen LogP contribution < -0.4 is 9.47 Å². The van der Waals surface area contributed by atoms with E-state index in [4.69, 9.17) is 20.6 Å². The zero-order valence-corrected chi connectivity index (χ0v) is 14.3. The molecule has 5 nitrogen and oxygen atoms in total. The molecule has 1 fully saturated rings. The third-order valence-electron chi connectivity index (χ3n) is 4.14. The Bertz CT molecular complexity index is 770. The lowest BCUT2D eigenvalue weighted by molar-refractivity contribution is 0.103. The summed E-state index contributed by atoms with van der Waals surface area (Å²) in [6.45, 7) is 1.28. The van der Waals surface area contributed by atoms with Crippen LogP contribution in [0.4, 0.5) is 0 Å². The fourth-order valence-corrected chi connectivity index (χ4v) is 2.51. The van der Waals surface area contributed by atoms with Crippen LogP contribution in [0.15, 0.2) is 48.5 Å². The molecule has 0 radical (unpaired) electrons. The number of benzene rings is 2. The second kappa shape index (κ2) is 8.52. The van der Waals surface area contributed by atoms with Crippen LogP contribution in [0.1, 0.15) is 15.9 Å². The number of rotatable bonds is 9. The molecule has 1 aliphatic heterocycles. The average molecular weight is 352 g/mol. The van der Waals surface area contributed by atoms with Crippen LogP contribution in [-0.4, -0.2) is 43.4 Å². The first-order chi connectivity index (χ1) is 12.7. The van der Waals surface area contributed by atoms with Crippen LogP contribution in [0, 0.1) is 18.3 Å². The summed E-state index contributed by atoms with van der Waals surface area (Å²) in [6.07, 6.45) is 5.24. The molecule has 1 heterocycles. The lowest BCUT2D eigenvalue weighted by Gasteiger charge is -2.13. The summed E-state index contributed by atoms with van der Waals surface area (Å²) >= 11 is 0. The fraction of sp³-hybridized carbons (Fsp3) is 0.286. The summed E-state index contributed by atoms with van der Waals surface area (Å²) in [5.74, 6) is 3.57. The van der Waals surface area contributed by atoms with Crippen molar-refractivity contribution in [2.75, 3.05) is 26.4 Å². The zero-order chi connectivity index (χ0) is 18.4. The Morgan fingerprint density at radius 1 is 1.12 bits per heavy atom. The maximum Gasteiger partial charge on any atom is 0.193 e. The van der Waals surface area contributed by atoms with Crippen LogP contribution in [-0.2, 0) is 4.74 Å². The molecular formula is C21H20O5. The molecule has 3 rings (SSSR count). The molecule has 1 aliphatic rings. The lowest BCUT2D eigenvalue weighted by Crippen LogP contribution is -2.21. The number of ether oxygens (including phenoxy) is 3. The molecule has 0 aliphatic carbocycles. The number of hydrogen-bond acceptors (Lipinski definition) is 5. The van der Waals surface area contributed by atoms with E-state index in [1.54, 1.807) is 48.5 Å². The van der Waals surface area contributed by atoms with E-state index in [2.05, 4.69) is 5.92 Å². The summed E-state index contributed by atoms with van der Waals surface area (Å²) in [7, 11) is 0. The van der Waals surface area contributed by atoms with Gasteiger partial charge >= 0.3 is 0 Å². The van der Waals surface area contributed by atoms with Gasteiger partial charge in [0.25, 0.3) is 0 Å². The van der Waals surface area contributed by atoms with Gasteiger partial charge in [-0.15, -0.1) is 6.42 Å². The standard InChI is InChI=1S/C21H20O5/c1-2-11-24-18-7-3-15(4-8-18)21(23)16-5-9-19(10-6-16)25-13-17(12-22)20-14-26-20/h1,3-10,17,20,22H,11-14H2. The molecule has 0 spiro atoms. The number of epoxide rings is 1. The van der Waals surface area contributed by atoms with Gasteiger partial charge in [-0.3, -0.25) is 4.79 Å². The van der Waals surface area contributed by atoms with Crippen LogP contribution >= 0.6 is 0 Å². The molecule has 2 unspecified atom stereocenters. The van der Waals surface area contributed by atoms with E-state index in [1.807, 2.05) is 0 Å². The van der Waals surface area contributed by atoms with E-state index in [1.165, 1.54) is 0 Å². The summed E-state index contributed by atoms with van der Waals surface area (Å²) in [5, 5.41) is 9.30. The zero-order valence-electron chi connectivity index (χ0n) is 14.3. The maximum absolute atomic E-state index is 12.5. The van der Waals surface area contributed by atoms with Gasteiger partial charge in [0, 0.05) is 17.0 Å². The first kappa shape index (κ1) is 18.0. The molecule has 134 valence electrons. The minimum absolute atomic E-state index is 0.0217. The van der Waals surface area contributed by atoms with Crippen molar-refractivity contribution >= 4 is 5.78 Å². The van der Waals surface area contributed by atoms with Gasteiger partial charge in [-0.05, 0) is 48.5 Å². The van der Waals surface area contributed by atoms with Crippen molar-refractivity contribution in [3.8, 4) is 23.8 Å². The predicted octanol–water partition coefficient (Wildman–Crippen LogP) is 2.32. The SMILES string of the molecule is C#CCOc1ccc(C(=O)c2ccc(OCC(CO)C3CO3)cc2)cc1. The molecular weight excluding hydrogens is 332 g/mol. The number of aliphatic hydroxyl groups is 1. The lowest BCUT2D eigenvalue weighted by atomic mass is 10.0. The van der Waals surface area contributed by atoms with E-state index in [0.29, 0.717) is 35.8 Å². The largest absolute Gasteiger partial charge is 0.493 e. The second-order valence-electron chi connectivity index (χ2n) is 6.00. The minimum atomic E-state index is -0.0836. The van der Waals surface area contributed by atoms with Gasteiger partial charge in [0.2, 0.25) is 0 Å². The van der Waals surface area contributed by atoms with E-state index in [9.17, 15) is 9.90 Å². The van der Waals surface area contributed by atoms with Gasteiger partial charge in [-0.1, -0.05) is 5.92 Å². The topological polar surface area (TPSA) is 68.3 Å². The van der Waals surface area contributed by atoms with E-state index >= 15 is 0 Å². The number of aliphatic hydroxyl groups excluding tert-OH is 1. The highest BCUT2D eigenvalue weighted by molar-refractivity contribution is 6.09. The van der Waals surface area contributed by atoms with Crippen LogP contribution in [0.5, 0.6) is 11.5 Å². The van der Waals surface area contributed by atoms with Gasteiger partial charge in [0.05, 0.1) is 25.9 Å². The van der Waals surface area contributed by atoms with Crippen molar-refractivity contribution in [3.05, 3.63) is 59.7 Å². The maximum atomic E-state index is 12.5. The van der Waals surface area contributed by atoms with Gasteiger partial charge in [-0.25, -0.2) is 0 Å². The molecule has 0 amide bonds. The van der Waals surface area contributed by atoms with Crippen molar-refractivity contribution in [2.45, 2.75) is 6.10 Å². The number of carbonyl (C=O) groups is 1. The molecule has 0 aromatic heterocycles. The number of ketones is 1. The van der Waals surface area contributed by atoms with Gasteiger partial charge in [0.1, 0.15) is 18.1 Å². The van der Waals surface area contributed by atoms with E-state index in [0.717, 1.165) is 0 Å². The normalized spacial score (nSPS) is 16.4. The summed E-state index contributed by atoms with van der Waals surface area (Å²) in [5.41, 5.74) is 1.14. The Morgan fingerprint density at radius 2 is 1.65 bits per heavy atom. The minimum Gasteiger partial charge on any atom is -0.493 e. The van der Waals surface area contributed by atoms with Gasteiger partial charge in [-0.2, -0.15) is 0 Å². The van der Waals surface area contributed by atoms with Crippen molar-refractivity contribution in [1.29, 1.82) is 0 Å². The fourth-order valence-electron chi connectivity index (χ4n) is 2.51. The second-order valence-corrected chi connectivity index (χ2v) is 6.00. The Kier molecular flexibility index (Phi) is 5.90. The van der Waals surface area contributed by atoms with Crippen LogP contribution in [0.2, 0.25) is 0 Å². The third-order valence-corrected chi connectivity index (χ3v) is 4.14. The molecule has 2 aromatic carbocycles. The predicted molar refractivity (Wildman–Crippen MR) is 96.5 cm³/mol. The average Bonchev–Trinajstić information content (AvgIpc) is 3.52. The van der Waals surface area contributed by atoms with E-state index < -0.39 is 0 Å². The van der Waals surface area contributed by atoms with E-state index in [-0.39, 0.29) is 31.0 Å². The summed E-state index contributed by atoms with van der Waals surface area (Å²) < 4.78 is 16.1. The van der Waals surface area contributed by atoms with Gasteiger partial charge < -0.3 is 19.3 Å². The number of terminal acetylenes is 1. The Labute approximate surface area is 152 Å². The molecule has 0 saturated carbocycles. The first-order valence-corrected chi connectivity index (χ1v) is 8.37. The third kappa shape index (κ3) is 4.63. The molecule has 2 aromatic rings. The molecule has 1 saturated heterocycles. The van der Waals surface area contributed by atoms with Gasteiger partial charge in [0.15, 0.2) is 5.78 Å².